The molecule has 2 aromatic rings. The van der Waals surface area contributed by atoms with E-state index in [0.29, 0.717) is 18.4 Å². The van der Waals surface area contributed by atoms with Crippen molar-refractivity contribution in [1.82, 2.24) is 4.98 Å². The number of anilines is 1. The van der Waals surface area contributed by atoms with Gasteiger partial charge in [-0.3, -0.25) is 4.79 Å². The van der Waals surface area contributed by atoms with Gasteiger partial charge in [-0.15, -0.1) is 0 Å². The molecule has 1 aromatic carbocycles. The van der Waals surface area contributed by atoms with Crippen molar-refractivity contribution in [2.24, 2.45) is 0 Å². The fourth-order valence-electron chi connectivity index (χ4n) is 1.96. The van der Waals surface area contributed by atoms with Crippen LogP contribution in [0.5, 0.6) is 5.88 Å². The maximum atomic E-state index is 12.5. The van der Waals surface area contributed by atoms with E-state index in [1.54, 1.807) is 19.1 Å². The Labute approximate surface area is 152 Å². The first-order valence-corrected chi connectivity index (χ1v) is 8.47. The van der Waals surface area contributed by atoms with Gasteiger partial charge in [0, 0.05) is 11.1 Å². The summed E-state index contributed by atoms with van der Waals surface area (Å²) >= 11 is 0.315. The summed E-state index contributed by atoms with van der Waals surface area (Å²) in [6, 6.07) is 9.13. The molecule has 0 aliphatic carbocycles. The zero-order chi connectivity index (χ0) is 18.9. The number of amides is 1. The molecule has 9 heteroatoms. The molecule has 1 amide bonds. The van der Waals surface area contributed by atoms with E-state index in [-0.39, 0.29) is 22.0 Å². The Bertz CT molecular complexity index is 774. The number of hydrogen-bond donors (Lipinski definition) is 1. The third kappa shape index (κ3) is 5.69. The number of thioether (sulfide) groups is 1. The second kappa shape index (κ2) is 9.71. The second-order valence-electron chi connectivity index (χ2n) is 4.79. The smallest absolute Gasteiger partial charge is 0.344 e. The lowest BCUT2D eigenvalue weighted by molar-refractivity contribution is -0.119. The minimum Gasteiger partial charge on any atom is -0.477 e. The van der Waals surface area contributed by atoms with Crippen LogP contribution in [0, 0.1) is 0 Å². The summed E-state index contributed by atoms with van der Waals surface area (Å²) in [5.41, 5.74) is 0.311. The number of pyridine rings is 1. The zero-order valence-electron chi connectivity index (χ0n) is 13.8. The van der Waals surface area contributed by atoms with Crippen molar-refractivity contribution in [3.8, 4) is 5.88 Å². The normalized spacial score (nSPS) is 10.5. The van der Waals surface area contributed by atoms with Crippen LogP contribution in [0.15, 0.2) is 47.5 Å². The Hall–Kier alpha value is -2.68. The lowest BCUT2D eigenvalue weighted by Crippen LogP contribution is -2.21. The van der Waals surface area contributed by atoms with Crippen molar-refractivity contribution in [1.29, 1.82) is 0 Å². The van der Waals surface area contributed by atoms with E-state index in [1.165, 1.54) is 30.5 Å². The third-order valence-corrected chi connectivity index (χ3v) is 3.77. The van der Waals surface area contributed by atoms with Crippen molar-refractivity contribution in [3.63, 3.8) is 0 Å². The topological polar surface area (TPSA) is 77.5 Å². The molecule has 1 N–H and O–H groups in total. The molecular formula is C17H16F2N2O4S. The minimum absolute atomic E-state index is 0.0933. The number of alkyl halides is 2. The number of esters is 1. The van der Waals surface area contributed by atoms with E-state index >= 15 is 0 Å². The summed E-state index contributed by atoms with van der Waals surface area (Å²) in [6.07, 6.45) is 1.46. The second-order valence-corrected chi connectivity index (χ2v) is 5.82. The van der Waals surface area contributed by atoms with Crippen LogP contribution >= 0.6 is 11.8 Å². The fraction of sp³-hybridized carbons (Fsp3) is 0.235. The SMILES string of the molecule is CCOc1ncccc1C(=O)OCC(=O)Nc1ccccc1SC(F)F. The summed E-state index contributed by atoms with van der Waals surface area (Å²) in [7, 11) is 0. The predicted octanol–water partition coefficient (Wildman–Crippen LogP) is 3.59. The van der Waals surface area contributed by atoms with Crippen LogP contribution in [-0.4, -0.2) is 35.8 Å². The van der Waals surface area contributed by atoms with Gasteiger partial charge in [0.1, 0.15) is 5.56 Å². The maximum absolute atomic E-state index is 12.5. The quantitative estimate of drug-likeness (QED) is 0.555. The molecule has 0 spiro atoms. The Morgan fingerprint density at radius 1 is 1.23 bits per heavy atom. The summed E-state index contributed by atoms with van der Waals surface area (Å²) in [5, 5.41) is 2.45. The van der Waals surface area contributed by atoms with Crippen molar-refractivity contribution in [2.45, 2.75) is 17.6 Å². The molecule has 0 saturated carbocycles. The molecule has 0 unspecified atom stereocenters. The maximum Gasteiger partial charge on any atom is 0.344 e. The van der Waals surface area contributed by atoms with E-state index in [2.05, 4.69) is 10.3 Å². The summed E-state index contributed by atoms with van der Waals surface area (Å²) in [5.74, 6) is -3.93. The molecule has 0 radical (unpaired) electrons. The van der Waals surface area contributed by atoms with Crippen molar-refractivity contribution in [3.05, 3.63) is 48.2 Å². The summed E-state index contributed by atoms with van der Waals surface area (Å²) in [4.78, 5) is 28.2. The van der Waals surface area contributed by atoms with Crippen LogP contribution in [0.25, 0.3) is 0 Å². The molecule has 1 heterocycles. The van der Waals surface area contributed by atoms with Gasteiger partial charge in [-0.25, -0.2) is 9.78 Å². The van der Waals surface area contributed by atoms with Gasteiger partial charge in [-0.2, -0.15) is 8.78 Å². The minimum atomic E-state index is -2.62. The molecule has 0 atom stereocenters. The van der Waals surface area contributed by atoms with Crippen molar-refractivity contribution < 1.29 is 27.8 Å². The molecule has 2 rings (SSSR count). The van der Waals surface area contributed by atoms with Gasteiger partial charge in [0.2, 0.25) is 5.88 Å². The van der Waals surface area contributed by atoms with Gasteiger partial charge in [-0.05, 0) is 31.2 Å². The molecular weight excluding hydrogens is 366 g/mol. The number of hydrogen-bond acceptors (Lipinski definition) is 6. The number of rotatable bonds is 8. The first kappa shape index (κ1) is 19.6. The number of carbonyl (C=O) groups is 2. The standard InChI is InChI=1S/C17H16F2N2O4S/c1-2-24-15-11(6-5-9-20-15)16(23)25-10-14(22)21-12-7-3-4-8-13(12)26-17(18)19/h3-9,17H,2,10H2,1H3,(H,21,22). The monoisotopic (exact) mass is 382 g/mol. The first-order valence-electron chi connectivity index (χ1n) is 7.60. The van der Waals surface area contributed by atoms with Crippen LogP contribution < -0.4 is 10.1 Å². The highest BCUT2D eigenvalue weighted by Crippen LogP contribution is 2.31. The third-order valence-electron chi connectivity index (χ3n) is 2.98. The highest BCUT2D eigenvalue weighted by Gasteiger charge is 2.17. The molecule has 0 fully saturated rings. The largest absolute Gasteiger partial charge is 0.477 e. The van der Waals surface area contributed by atoms with Crippen LogP contribution in [-0.2, 0) is 9.53 Å². The van der Waals surface area contributed by atoms with Gasteiger partial charge in [0.15, 0.2) is 6.61 Å². The molecule has 1 aromatic heterocycles. The van der Waals surface area contributed by atoms with E-state index in [4.69, 9.17) is 9.47 Å². The molecule has 0 aliphatic heterocycles. The summed E-state index contributed by atoms with van der Waals surface area (Å²) in [6.45, 7) is 1.48. The average Bonchev–Trinajstić information content (AvgIpc) is 2.62. The molecule has 26 heavy (non-hydrogen) atoms. The highest BCUT2D eigenvalue weighted by atomic mass is 32.2. The number of carbonyl (C=O) groups excluding carboxylic acids is 2. The Balaban J connectivity index is 1.96. The van der Waals surface area contributed by atoms with Crippen LogP contribution in [0.2, 0.25) is 0 Å². The van der Waals surface area contributed by atoms with E-state index in [0.717, 1.165) is 0 Å². The number of nitrogens with zero attached hydrogens (tertiary/aromatic N) is 1. The van der Waals surface area contributed by atoms with Gasteiger partial charge >= 0.3 is 5.97 Å². The van der Waals surface area contributed by atoms with Crippen molar-refractivity contribution >= 4 is 29.3 Å². The van der Waals surface area contributed by atoms with Gasteiger partial charge in [0.05, 0.1) is 12.3 Å². The Kier molecular flexibility index (Phi) is 7.34. The van der Waals surface area contributed by atoms with Gasteiger partial charge < -0.3 is 14.8 Å². The molecule has 6 nitrogen and oxygen atoms in total. The highest BCUT2D eigenvalue weighted by molar-refractivity contribution is 7.99. The van der Waals surface area contributed by atoms with Gasteiger partial charge in [-0.1, -0.05) is 23.9 Å². The Morgan fingerprint density at radius 2 is 2.00 bits per heavy atom. The molecule has 138 valence electrons. The Morgan fingerprint density at radius 3 is 2.73 bits per heavy atom. The number of benzene rings is 1. The fourth-order valence-corrected chi connectivity index (χ4v) is 2.56. The molecule has 0 bridgehead atoms. The van der Waals surface area contributed by atoms with E-state index in [1.807, 2.05) is 0 Å². The van der Waals surface area contributed by atoms with Crippen LogP contribution in [0.4, 0.5) is 14.5 Å². The number of ether oxygens (including phenoxy) is 2. The number of aromatic nitrogens is 1. The molecule has 0 saturated heterocycles. The van der Waals surface area contributed by atoms with E-state index in [9.17, 15) is 18.4 Å². The van der Waals surface area contributed by atoms with Crippen molar-refractivity contribution in [2.75, 3.05) is 18.5 Å². The number of para-hydroxylation sites is 1. The molecule has 0 aliphatic rings. The first-order chi connectivity index (χ1) is 12.5. The lowest BCUT2D eigenvalue weighted by atomic mass is 10.3. The zero-order valence-corrected chi connectivity index (χ0v) is 14.6. The predicted molar refractivity (Wildman–Crippen MR) is 92.6 cm³/mol. The number of halogens is 2. The summed E-state index contributed by atoms with van der Waals surface area (Å²) < 4.78 is 35.3. The lowest BCUT2D eigenvalue weighted by Gasteiger charge is -2.11. The number of nitrogens with one attached hydrogen (secondary N) is 1. The van der Waals surface area contributed by atoms with Crippen LogP contribution in [0.3, 0.4) is 0 Å². The van der Waals surface area contributed by atoms with Gasteiger partial charge in [0.25, 0.3) is 11.7 Å². The van der Waals surface area contributed by atoms with E-state index < -0.39 is 24.2 Å². The average molecular weight is 382 g/mol. The van der Waals surface area contributed by atoms with Crippen LogP contribution in [0.1, 0.15) is 17.3 Å².